The second-order valence-electron chi connectivity index (χ2n) is 5.48. The molecule has 2 rings (SSSR count). The van der Waals surface area contributed by atoms with Crippen LogP contribution in [0.3, 0.4) is 0 Å². The molecule has 0 amide bonds. The molecule has 0 saturated carbocycles. The molecule has 1 unspecified atom stereocenters. The third-order valence-corrected chi connectivity index (χ3v) is 3.93. The molecule has 1 aliphatic rings. The fourth-order valence-corrected chi connectivity index (χ4v) is 2.72. The Hall–Kier alpha value is -0.900. The highest BCUT2D eigenvalue weighted by Crippen LogP contribution is 2.16. The summed E-state index contributed by atoms with van der Waals surface area (Å²) in [6.45, 7) is 8.38. The quantitative estimate of drug-likeness (QED) is 0.790. The van der Waals surface area contributed by atoms with Gasteiger partial charge >= 0.3 is 0 Å². The Morgan fingerprint density at radius 1 is 1.15 bits per heavy atom. The van der Waals surface area contributed by atoms with Crippen LogP contribution in [0.1, 0.15) is 37.9 Å². The largest absolute Gasteiger partial charge is 0.371 e. The molecule has 1 aliphatic heterocycles. The average molecular weight is 276 g/mol. The van der Waals surface area contributed by atoms with Gasteiger partial charge in [0.2, 0.25) is 0 Å². The van der Waals surface area contributed by atoms with E-state index in [4.69, 9.17) is 4.74 Å². The van der Waals surface area contributed by atoms with Crippen molar-refractivity contribution in [2.24, 2.45) is 0 Å². The normalized spacial score (nSPS) is 18.1. The molecular formula is C17H28N2O. The molecule has 1 N–H and O–H groups in total. The van der Waals surface area contributed by atoms with Gasteiger partial charge in [-0.15, -0.1) is 0 Å². The summed E-state index contributed by atoms with van der Waals surface area (Å²) in [7, 11) is 0. The van der Waals surface area contributed by atoms with Crippen LogP contribution >= 0.6 is 0 Å². The Balaban J connectivity index is 1.78. The fraction of sp³-hybridized carbons (Fsp3) is 0.647. The number of ether oxygens (including phenoxy) is 1. The van der Waals surface area contributed by atoms with Gasteiger partial charge in [-0.25, -0.2) is 0 Å². The summed E-state index contributed by atoms with van der Waals surface area (Å²) >= 11 is 0. The van der Waals surface area contributed by atoms with E-state index in [1.54, 1.807) is 0 Å². The van der Waals surface area contributed by atoms with Crippen LogP contribution in [0, 0.1) is 0 Å². The Labute approximate surface area is 123 Å². The van der Waals surface area contributed by atoms with E-state index < -0.39 is 0 Å². The van der Waals surface area contributed by atoms with Gasteiger partial charge < -0.3 is 15.0 Å². The Morgan fingerprint density at radius 2 is 1.90 bits per heavy atom. The second kappa shape index (κ2) is 9.11. The van der Waals surface area contributed by atoms with Crippen molar-refractivity contribution in [3.05, 3.63) is 35.9 Å². The first-order valence-electron chi connectivity index (χ1n) is 7.99. The zero-order valence-corrected chi connectivity index (χ0v) is 12.7. The van der Waals surface area contributed by atoms with Crippen molar-refractivity contribution in [1.82, 2.24) is 10.2 Å². The number of piperidine rings is 1. The molecule has 112 valence electrons. The van der Waals surface area contributed by atoms with Crippen LogP contribution in [0.4, 0.5) is 0 Å². The van der Waals surface area contributed by atoms with Gasteiger partial charge in [-0.1, -0.05) is 43.7 Å². The lowest BCUT2D eigenvalue weighted by molar-refractivity contribution is 0.0340. The monoisotopic (exact) mass is 276 g/mol. The first-order chi connectivity index (χ1) is 9.90. The molecule has 0 aliphatic carbocycles. The van der Waals surface area contributed by atoms with Crippen molar-refractivity contribution in [2.45, 2.75) is 32.3 Å². The molecular weight excluding hydrogens is 248 g/mol. The van der Waals surface area contributed by atoms with Gasteiger partial charge in [-0.2, -0.15) is 0 Å². The predicted octanol–water partition coefficient (Wildman–Crippen LogP) is 2.84. The van der Waals surface area contributed by atoms with Gasteiger partial charge in [0.05, 0.1) is 12.7 Å². The van der Waals surface area contributed by atoms with Crippen molar-refractivity contribution in [3.8, 4) is 0 Å². The molecule has 0 radical (unpaired) electrons. The van der Waals surface area contributed by atoms with Crippen LogP contribution in [-0.2, 0) is 4.74 Å². The number of hydrogen-bond donors (Lipinski definition) is 1. The van der Waals surface area contributed by atoms with Gasteiger partial charge in [0.1, 0.15) is 0 Å². The maximum Gasteiger partial charge on any atom is 0.0949 e. The number of nitrogens with one attached hydrogen (secondary N) is 1. The Bertz CT molecular complexity index is 349. The van der Waals surface area contributed by atoms with E-state index in [0.29, 0.717) is 0 Å². The summed E-state index contributed by atoms with van der Waals surface area (Å²) in [5.74, 6) is 0. The molecule has 1 aromatic carbocycles. The maximum absolute atomic E-state index is 6.13. The zero-order valence-electron chi connectivity index (χ0n) is 12.7. The van der Waals surface area contributed by atoms with Gasteiger partial charge in [0.25, 0.3) is 0 Å². The van der Waals surface area contributed by atoms with E-state index in [0.717, 1.165) is 26.2 Å². The molecule has 1 saturated heterocycles. The summed E-state index contributed by atoms with van der Waals surface area (Å²) < 4.78 is 6.13. The van der Waals surface area contributed by atoms with Crippen molar-refractivity contribution in [2.75, 3.05) is 39.3 Å². The molecule has 3 nitrogen and oxygen atoms in total. The van der Waals surface area contributed by atoms with Crippen LogP contribution in [0.25, 0.3) is 0 Å². The number of likely N-dealkylation sites (N-methyl/N-ethyl adjacent to an activating group) is 1. The molecule has 3 heteroatoms. The Kier molecular flexibility index (Phi) is 7.06. The molecule has 1 heterocycles. The highest BCUT2D eigenvalue weighted by molar-refractivity contribution is 5.17. The van der Waals surface area contributed by atoms with Crippen LogP contribution in [0.15, 0.2) is 30.3 Å². The third kappa shape index (κ3) is 5.23. The van der Waals surface area contributed by atoms with E-state index in [1.165, 1.54) is 37.9 Å². The van der Waals surface area contributed by atoms with Crippen LogP contribution in [-0.4, -0.2) is 44.2 Å². The lowest BCUT2D eigenvalue weighted by Crippen LogP contribution is -2.33. The molecule has 1 fully saturated rings. The smallest absolute Gasteiger partial charge is 0.0949 e. The topological polar surface area (TPSA) is 24.5 Å². The predicted molar refractivity (Wildman–Crippen MR) is 84.0 cm³/mol. The standard InChI is InChI=1S/C17H28N2O/c1-2-18-15-17(16-9-5-3-6-10-16)20-14-13-19-11-7-4-8-12-19/h3,5-6,9-10,17-18H,2,4,7-8,11-15H2,1H3. The molecule has 0 aromatic heterocycles. The number of likely N-dealkylation sites (tertiary alicyclic amines) is 1. The minimum atomic E-state index is 0.168. The van der Waals surface area contributed by atoms with Crippen molar-refractivity contribution < 1.29 is 4.74 Å². The fourth-order valence-electron chi connectivity index (χ4n) is 2.72. The molecule has 1 atom stereocenters. The van der Waals surface area contributed by atoms with Crippen molar-refractivity contribution in [1.29, 1.82) is 0 Å². The van der Waals surface area contributed by atoms with Crippen LogP contribution in [0.5, 0.6) is 0 Å². The lowest BCUT2D eigenvalue weighted by Gasteiger charge is -2.27. The maximum atomic E-state index is 6.13. The van der Waals surface area contributed by atoms with E-state index in [-0.39, 0.29) is 6.10 Å². The first kappa shape index (κ1) is 15.5. The summed E-state index contributed by atoms with van der Waals surface area (Å²) in [6.07, 6.45) is 4.25. The molecule has 20 heavy (non-hydrogen) atoms. The zero-order chi connectivity index (χ0) is 14.0. The average Bonchev–Trinajstić information content (AvgIpc) is 2.52. The first-order valence-corrected chi connectivity index (χ1v) is 7.99. The van der Waals surface area contributed by atoms with E-state index in [9.17, 15) is 0 Å². The number of hydrogen-bond acceptors (Lipinski definition) is 3. The minimum Gasteiger partial charge on any atom is -0.371 e. The van der Waals surface area contributed by atoms with E-state index >= 15 is 0 Å². The van der Waals surface area contributed by atoms with Crippen molar-refractivity contribution in [3.63, 3.8) is 0 Å². The van der Waals surface area contributed by atoms with Gasteiger partial charge in [-0.05, 0) is 38.0 Å². The molecule has 0 bridgehead atoms. The number of rotatable bonds is 8. The van der Waals surface area contributed by atoms with Crippen LogP contribution < -0.4 is 5.32 Å². The van der Waals surface area contributed by atoms with Crippen molar-refractivity contribution >= 4 is 0 Å². The van der Waals surface area contributed by atoms with Gasteiger partial charge in [0, 0.05) is 13.1 Å². The third-order valence-electron chi connectivity index (χ3n) is 3.93. The Morgan fingerprint density at radius 3 is 2.60 bits per heavy atom. The second-order valence-corrected chi connectivity index (χ2v) is 5.48. The van der Waals surface area contributed by atoms with E-state index in [1.807, 2.05) is 0 Å². The summed E-state index contributed by atoms with van der Waals surface area (Å²) in [6, 6.07) is 10.5. The summed E-state index contributed by atoms with van der Waals surface area (Å²) in [5, 5.41) is 3.40. The SMILES string of the molecule is CCNCC(OCCN1CCCCC1)c1ccccc1. The summed E-state index contributed by atoms with van der Waals surface area (Å²) in [4.78, 5) is 2.53. The molecule has 1 aromatic rings. The highest BCUT2D eigenvalue weighted by atomic mass is 16.5. The van der Waals surface area contributed by atoms with E-state index in [2.05, 4.69) is 47.5 Å². The summed E-state index contributed by atoms with van der Waals surface area (Å²) in [5.41, 5.74) is 1.27. The minimum absolute atomic E-state index is 0.168. The number of benzene rings is 1. The van der Waals surface area contributed by atoms with Gasteiger partial charge in [0.15, 0.2) is 0 Å². The number of nitrogens with zero attached hydrogens (tertiary/aromatic N) is 1. The molecule has 0 spiro atoms. The highest BCUT2D eigenvalue weighted by Gasteiger charge is 2.13. The van der Waals surface area contributed by atoms with Crippen LogP contribution in [0.2, 0.25) is 0 Å². The van der Waals surface area contributed by atoms with Gasteiger partial charge in [-0.3, -0.25) is 0 Å². The lowest BCUT2D eigenvalue weighted by atomic mass is 10.1.